The number of thioether (sulfide) groups is 1. The third-order valence-corrected chi connectivity index (χ3v) is 6.66. The average Bonchev–Trinajstić information content (AvgIpc) is 3.24. The summed E-state index contributed by atoms with van der Waals surface area (Å²) in [5.41, 5.74) is 2.73. The number of anilines is 1. The van der Waals surface area contributed by atoms with Crippen molar-refractivity contribution in [2.75, 3.05) is 11.1 Å². The van der Waals surface area contributed by atoms with Crippen LogP contribution in [0.3, 0.4) is 0 Å². The van der Waals surface area contributed by atoms with Crippen LogP contribution in [0.5, 0.6) is 0 Å². The zero-order chi connectivity index (χ0) is 25.8. The maximum Gasteiger partial charge on any atom is 0.259 e. The second kappa shape index (κ2) is 10.8. The molecule has 186 valence electrons. The lowest BCUT2D eigenvalue weighted by Crippen LogP contribution is -2.42. The smallest absolute Gasteiger partial charge is 0.259 e. The number of benzene rings is 3. The van der Waals surface area contributed by atoms with Gasteiger partial charge in [0.05, 0.1) is 17.9 Å². The van der Waals surface area contributed by atoms with E-state index in [1.54, 1.807) is 6.07 Å². The highest BCUT2D eigenvalue weighted by Gasteiger charge is 2.42. The van der Waals surface area contributed by atoms with E-state index in [0.29, 0.717) is 34.5 Å². The van der Waals surface area contributed by atoms with E-state index in [9.17, 15) is 18.8 Å². The van der Waals surface area contributed by atoms with Crippen molar-refractivity contribution in [3.8, 4) is 0 Å². The van der Waals surface area contributed by atoms with Crippen molar-refractivity contribution in [2.24, 2.45) is 9.98 Å². The lowest BCUT2D eigenvalue weighted by atomic mass is 10.1. The maximum absolute atomic E-state index is 13.3. The fourth-order valence-electron chi connectivity index (χ4n) is 3.94. The van der Waals surface area contributed by atoms with Crippen molar-refractivity contribution in [1.29, 1.82) is 0 Å². The van der Waals surface area contributed by atoms with E-state index >= 15 is 0 Å². The summed E-state index contributed by atoms with van der Waals surface area (Å²) in [5.74, 6) is -1.00. The number of hydrogen-bond donors (Lipinski definition) is 2. The van der Waals surface area contributed by atoms with E-state index in [1.165, 1.54) is 29.2 Å². The number of para-hydroxylation sites is 1. The number of amidine groups is 2. The van der Waals surface area contributed by atoms with E-state index in [1.807, 2.05) is 48.5 Å². The summed E-state index contributed by atoms with van der Waals surface area (Å²) in [4.78, 5) is 49.0. The molecule has 0 aromatic heterocycles. The molecular weight excluding hydrogens is 493 g/mol. The standard InChI is InChI=1S/C27H22FN5O3S/c28-18-10-12-19(13-11-18)30-24(35)16-37-27-32-21-9-5-4-8-20(21)25-31-22(26(36)33(25)27)14-23(34)29-15-17-6-2-1-3-7-17/h1-13,22H,14-16H2,(H,29,34)(H,30,35). The molecule has 2 aliphatic heterocycles. The third-order valence-electron chi connectivity index (χ3n) is 5.72. The van der Waals surface area contributed by atoms with Crippen LogP contribution in [0, 0.1) is 5.82 Å². The molecular formula is C27H22FN5O3S. The molecule has 0 aliphatic carbocycles. The Morgan fingerprint density at radius 3 is 2.46 bits per heavy atom. The number of amides is 3. The first-order chi connectivity index (χ1) is 18.0. The zero-order valence-corrected chi connectivity index (χ0v) is 20.4. The molecule has 2 N–H and O–H groups in total. The molecule has 0 fully saturated rings. The maximum atomic E-state index is 13.3. The van der Waals surface area contributed by atoms with E-state index in [2.05, 4.69) is 20.6 Å². The number of hydrogen-bond acceptors (Lipinski definition) is 6. The van der Waals surface area contributed by atoms with Crippen LogP contribution in [-0.4, -0.2) is 45.4 Å². The van der Waals surface area contributed by atoms with Crippen LogP contribution in [0.2, 0.25) is 0 Å². The van der Waals surface area contributed by atoms with E-state index in [4.69, 9.17) is 0 Å². The summed E-state index contributed by atoms with van der Waals surface area (Å²) >= 11 is 1.09. The second-order valence-corrected chi connectivity index (χ2v) is 9.31. The Balaban J connectivity index is 1.28. The van der Waals surface area contributed by atoms with Gasteiger partial charge in [-0.25, -0.2) is 14.3 Å². The number of aliphatic imine (C=N–C) groups is 2. The molecule has 0 spiro atoms. The molecule has 8 nitrogen and oxygen atoms in total. The topological polar surface area (TPSA) is 103 Å². The molecule has 0 saturated carbocycles. The molecule has 0 radical (unpaired) electrons. The SMILES string of the molecule is O=C(CC1N=C2c3ccccc3N=C(SCC(=O)Nc3ccc(F)cc3)N2C1=O)NCc1ccccc1. The van der Waals surface area contributed by atoms with Gasteiger partial charge in [-0.2, -0.15) is 0 Å². The van der Waals surface area contributed by atoms with Gasteiger partial charge >= 0.3 is 0 Å². The lowest BCUT2D eigenvalue weighted by Gasteiger charge is -2.25. The highest BCUT2D eigenvalue weighted by atomic mass is 32.2. The van der Waals surface area contributed by atoms with E-state index in [-0.39, 0.29) is 29.9 Å². The van der Waals surface area contributed by atoms with Crippen molar-refractivity contribution < 1.29 is 18.8 Å². The van der Waals surface area contributed by atoms with Crippen LogP contribution in [0.4, 0.5) is 15.8 Å². The van der Waals surface area contributed by atoms with E-state index in [0.717, 1.165) is 17.3 Å². The van der Waals surface area contributed by atoms with Gasteiger partial charge in [-0.3, -0.25) is 19.4 Å². The number of nitrogens with one attached hydrogen (secondary N) is 2. The molecule has 3 amide bonds. The molecule has 3 aromatic carbocycles. The Labute approximate surface area is 216 Å². The fraction of sp³-hybridized carbons (Fsp3) is 0.148. The van der Waals surface area contributed by atoms with Gasteiger partial charge in [0.15, 0.2) is 5.17 Å². The summed E-state index contributed by atoms with van der Waals surface area (Å²) in [5, 5.41) is 5.84. The second-order valence-electron chi connectivity index (χ2n) is 8.36. The Morgan fingerprint density at radius 1 is 0.946 bits per heavy atom. The number of nitrogens with zero attached hydrogens (tertiary/aromatic N) is 3. The Hall–Kier alpha value is -4.31. The van der Waals surface area contributed by atoms with Crippen LogP contribution >= 0.6 is 11.8 Å². The number of fused-ring (bicyclic) bond motifs is 3. The molecule has 10 heteroatoms. The Bertz CT molecular complexity index is 1410. The van der Waals surface area contributed by atoms with Crippen LogP contribution in [0.15, 0.2) is 88.8 Å². The minimum absolute atomic E-state index is 0.0301. The lowest BCUT2D eigenvalue weighted by molar-refractivity contribution is -0.128. The van der Waals surface area contributed by atoms with Gasteiger partial charge in [-0.15, -0.1) is 0 Å². The third kappa shape index (κ3) is 5.59. The molecule has 0 bridgehead atoms. The quantitative estimate of drug-likeness (QED) is 0.499. The normalized spacial score (nSPS) is 15.9. The van der Waals surface area contributed by atoms with Crippen LogP contribution in [0.1, 0.15) is 17.5 Å². The molecule has 3 aromatic rings. The number of halogens is 1. The summed E-state index contributed by atoms with van der Waals surface area (Å²) in [6.45, 7) is 0.357. The first kappa shape index (κ1) is 24.4. The van der Waals surface area contributed by atoms with Crippen molar-refractivity contribution in [3.05, 3.63) is 95.8 Å². The van der Waals surface area contributed by atoms with Gasteiger partial charge in [0.1, 0.15) is 17.7 Å². The largest absolute Gasteiger partial charge is 0.352 e. The molecule has 5 rings (SSSR count). The molecule has 1 atom stereocenters. The molecule has 37 heavy (non-hydrogen) atoms. The molecule has 2 heterocycles. The van der Waals surface area contributed by atoms with Crippen molar-refractivity contribution in [1.82, 2.24) is 10.2 Å². The first-order valence-electron chi connectivity index (χ1n) is 11.6. The predicted octanol–water partition coefficient (Wildman–Crippen LogP) is 3.86. The molecule has 1 unspecified atom stereocenters. The minimum atomic E-state index is -0.893. The number of carbonyl (C=O) groups excluding carboxylic acids is 3. The van der Waals surface area contributed by atoms with Gasteiger partial charge < -0.3 is 10.6 Å². The van der Waals surface area contributed by atoms with Crippen molar-refractivity contribution in [2.45, 2.75) is 19.0 Å². The Morgan fingerprint density at radius 2 is 1.68 bits per heavy atom. The van der Waals surface area contributed by atoms with Crippen LogP contribution < -0.4 is 10.6 Å². The predicted molar refractivity (Wildman–Crippen MR) is 141 cm³/mol. The average molecular weight is 516 g/mol. The summed E-state index contributed by atoms with van der Waals surface area (Å²) in [7, 11) is 0. The first-order valence-corrected chi connectivity index (χ1v) is 12.6. The zero-order valence-electron chi connectivity index (χ0n) is 19.6. The molecule has 2 aliphatic rings. The number of carbonyl (C=O) groups is 3. The summed E-state index contributed by atoms with van der Waals surface area (Å²) in [6.07, 6.45) is -0.100. The van der Waals surface area contributed by atoms with Crippen molar-refractivity contribution in [3.63, 3.8) is 0 Å². The van der Waals surface area contributed by atoms with Gasteiger partial charge in [0.25, 0.3) is 5.91 Å². The van der Waals surface area contributed by atoms with Gasteiger partial charge in [-0.1, -0.05) is 54.2 Å². The van der Waals surface area contributed by atoms with Gasteiger partial charge in [-0.05, 0) is 42.0 Å². The highest BCUT2D eigenvalue weighted by Crippen LogP contribution is 2.34. The minimum Gasteiger partial charge on any atom is -0.352 e. The van der Waals surface area contributed by atoms with Gasteiger partial charge in [0, 0.05) is 17.8 Å². The fourth-order valence-corrected chi connectivity index (χ4v) is 4.74. The van der Waals surface area contributed by atoms with Gasteiger partial charge in [0.2, 0.25) is 11.8 Å². The summed E-state index contributed by atoms with van der Waals surface area (Å²) < 4.78 is 13.1. The Kier molecular flexibility index (Phi) is 7.09. The van der Waals surface area contributed by atoms with E-state index < -0.39 is 11.9 Å². The monoisotopic (exact) mass is 515 g/mol. The van der Waals surface area contributed by atoms with Crippen LogP contribution in [0.25, 0.3) is 0 Å². The highest BCUT2D eigenvalue weighted by molar-refractivity contribution is 8.14. The number of rotatable bonds is 7. The molecule has 0 saturated heterocycles. The van der Waals surface area contributed by atoms with Crippen LogP contribution in [-0.2, 0) is 20.9 Å². The van der Waals surface area contributed by atoms with Crippen molar-refractivity contribution >= 4 is 51.9 Å². The summed E-state index contributed by atoms with van der Waals surface area (Å²) in [6, 6.07) is 21.3.